The predicted molar refractivity (Wildman–Crippen MR) is 94.9 cm³/mol. The van der Waals surface area contributed by atoms with E-state index in [1.165, 1.54) is 6.07 Å². The number of carbonyl (C=O) groups excluding carboxylic acids is 1. The molecule has 0 bridgehead atoms. The van der Waals surface area contributed by atoms with Crippen molar-refractivity contribution in [2.45, 2.75) is 13.0 Å². The van der Waals surface area contributed by atoms with Gasteiger partial charge in [0.05, 0.1) is 12.1 Å². The summed E-state index contributed by atoms with van der Waals surface area (Å²) in [5, 5.41) is 2.83. The zero-order chi connectivity index (χ0) is 17.1. The van der Waals surface area contributed by atoms with E-state index >= 15 is 0 Å². The Labute approximate surface area is 147 Å². The lowest BCUT2D eigenvalue weighted by atomic mass is 10.1. The van der Waals surface area contributed by atoms with Crippen LogP contribution in [0.2, 0.25) is 0 Å². The van der Waals surface area contributed by atoms with Crippen LogP contribution in [0.4, 0.5) is 4.79 Å². The average Bonchev–Trinajstić information content (AvgIpc) is 2.98. The standard InChI is InChI=1S/C18H15BrN2O3/c1-12(13-7-9-15(19)10-8-13)20-18(23)21-16(11-17(22)24-21)14-5-3-2-4-6-14/h2-12H,1H3,(H,20,23). The molecule has 1 amide bonds. The molecule has 0 spiro atoms. The maximum absolute atomic E-state index is 12.5. The van der Waals surface area contributed by atoms with Crippen LogP contribution in [0.3, 0.4) is 0 Å². The molecule has 0 aliphatic heterocycles. The van der Waals surface area contributed by atoms with Gasteiger partial charge in [-0.05, 0) is 24.6 Å². The predicted octanol–water partition coefficient (Wildman–Crippen LogP) is 4.19. The Morgan fingerprint density at radius 1 is 1.12 bits per heavy atom. The van der Waals surface area contributed by atoms with Crippen molar-refractivity contribution in [1.29, 1.82) is 0 Å². The van der Waals surface area contributed by atoms with Crippen LogP contribution in [-0.2, 0) is 0 Å². The van der Waals surface area contributed by atoms with Crippen molar-refractivity contribution >= 4 is 22.0 Å². The molecule has 122 valence electrons. The van der Waals surface area contributed by atoms with Crippen LogP contribution in [-0.4, -0.2) is 10.8 Å². The lowest BCUT2D eigenvalue weighted by molar-refractivity contribution is 0.205. The van der Waals surface area contributed by atoms with Crippen molar-refractivity contribution in [2.75, 3.05) is 0 Å². The van der Waals surface area contributed by atoms with E-state index in [2.05, 4.69) is 21.2 Å². The summed E-state index contributed by atoms with van der Waals surface area (Å²) in [7, 11) is 0. The first-order valence-electron chi connectivity index (χ1n) is 7.40. The molecule has 3 aromatic rings. The molecule has 1 unspecified atom stereocenters. The van der Waals surface area contributed by atoms with Gasteiger partial charge in [-0.2, -0.15) is 0 Å². The Morgan fingerprint density at radius 3 is 2.46 bits per heavy atom. The molecule has 1 aromatic heterocycles. The number of benzene rings is 2. The highest BCUT2D eigenvalue weighted by molar-refractivity contribution is 9.10. The first kappa shape index (κ1) is 16.3. The van der Waals surface area contributed by atoms with E-state index in [0.29, 0.717) is 5.69 Å². The summed E-state index contributed by atoms with van der Waals surface area (Å²) in [5.74, 6) is 0. The molecule has 0 saturated heterocycles. The van der Waals surface area contributed by atoms with Crippen LogP contribution in [0.1, 0.15) is 18.5 Å². The normalized spacial score (nSPS) is 11.9. The summed E-state index contributed by atoms with van der Waals surface area (Å²) >= 11 is 3.38. The lowest BCUT2D eigenvalue weighted by Gasteiger charge is -2.15. The number of hydrogen-bond acceptors (Lipinski definition) is 3. The fraction of sp³-hybridized carbons (Fsp3) is 0.111. The highest BCUT2D eigenvalue weighted by Gasteiger charge is 2.18. The summed E-state index contributed by atoms with van der Waals surface area (Å²) in [4.78, 5) is 24.1. The molecule has 1 atom stereocenters. The van der Waals surface area contributed by atoms with Gasteiger partial charge in [0.2, 0.25) is 0 Å². The third kappa shape index (κ3) is 3.49. The van der Waals surface area contributed by atoms with Crippen molar-refractivity contribution < 1.29 is 9.32 Å². The molecule has 0 fully saturated rings. The fourth-order valence-corrected chi connectivity index (χ4v) is 2.64. The second-order valence-electron chi connectivity index (χ2n) is 5.32. The van der Waals surface area contributed by atoms with Gasteiger partial charge in [0, 0.05) is 10.0 Å². The lowest BCUT2D eigenvalue weighted by Crippen LogP contribution is -2.31. The molecule has 0 saturated carbocycles. The summed E-state index contributed by atoms with van der Waals surface area (Å²) in [6, 6.07) is 17.4. The summed E-state index contributed by atoms with van der Waals surface area (Å²) in [6.45, 7) is 1.87. The molecule has 6 heteroatoms. The molecule has 0 aliphatic carbocycles. The van der Waals surface area contributed by atoms with Gasteiger partial charge < -0.3 is 9.84 Å². The van der Waals surface area contributed by atoms with E-state index in [9.17, 15) is 9.59 Å². The van der Waals surface area contributed by atoms with Gasteiger partial charge >= 0.3 is 11.7 Å². The summed E-state index contributed by atoms with van der Waals surface area (Å²) in [6.07, 6.45) is 0. The molecule has 3 rings (SSSR count). The van der Waals surface area contributed by atoms with Crippen molar-refractivity contribution in [1.82, 2.24) is 10.1 Å². The van der Waals surface area contributed by atoms with Crippen molar-refractivity contribution in [3.63, 3.8) is 0 Å². The molecule has 24 heavy (non-hydrogen) atoms. The fourth-order valence-electron chi connectivity index (χ4n) is 2.37. The number of hydrogen-bond donors (Lipinski definition) is 1. The first-order chi connectivity index (χ1) is 11.5. The van der Waals surface area contributed by atoms with Gasteiger partial charge in [-0.3, -0.25) is 0 Å². The van der Waals surface area contributed by atoms with E-state index < -0.39 is 11.7 Å². The number of nitrogens with zero attached hydrogens (tertiary/aromatic N) is 1. The average molecular weight is 387 g/mol. The number of aromatic nitrogens is 1. The largest absolute Gasteiger partial charge is 0.358 e. The highest BCUT2D eigenvalue weighted by Crippen LogP contribution is 2.19. The van der Waals surface area contributed by atoms with E-state index in [0.717, 1.165) is 20.3 Å². The smallest absolute Gasteiger partial charge is 0.329 e. The maximum atomic E-state index is 12.5. The molecule has 0 aliphatic rings. The first-order valence-corrected chi connectivity index (χ1v) is 8.19. The maximum Gasteiger partial charge on any atom is 0.358 e. The molecule has 2 aromatic carbocycles. The van der Waals surface area contributed by atoms with Crippen LogP contribution in [0.25, 0.3) is 11.3 Å². The Bertz CT molecular complexity index is 898. The molecule has 0 radical (unpaired) electrons. The van der Waals surface area contributed by atoms with Crippen molar-refractivity contribution in [3.05, 3.63) is 81.1 Å². The van der Waals surface area contributed by atoms with E-state index in [-0.39, 0.29) is 6.04 Å². The number of amides is 1. The van der Waals surface area contributed by atoms with E-state index in [4.69, 9.17) is 4.52 Å². The number of nitrogens with one attached hydrogen (secondary N) is 1. The van der Waals surface area contributed by atoms with E-state index in [1.807, 2.05) is 61.5 Å². The van der Waals surface area contributed by atoms with Gasteiger partial charge in [0.15, 0.2) is 0 Å². The molecular formula is C18H15BrN2O3. The van der Waals surface area contributed by atoms with Gasteiger partial charge in [-0.25, -0.2) is 9.59 Å². The van der Waals surface area contributed by atoms with Crippen LogP contribution in [0.15, 0.2) is 74.5 Å². The Morgan fingerprint density at radius 2 is 1.79 bits per heavy atom. The quantitative estimate of drug-likeness (QED) is 0.733. The van der Waals surface area contributed by atoms with Gasteiger partial charge in [0.25, 0.3) is 0 Å². The Balaban J connectivity index is 1.85. The zero-order valence-corrected chi connectivity index (χ0v) is 14.5. The van der Waals surface area contributed by atoms with Gasteiger partial charge in [-0.15, -0.1) is 4.74 Å². The van der Waals surface area contributed by atoms with Crippen molar-refractivity contribution in [2.24, 2.45) is 0 Å². The minimum absolute atomic E-state index is 0.234. The molecular weight excluding hydrogens is 372 g/mol. The highest BCUT2D eigenvalue weighted by atomic mass is 79.9. The Hall–Kier alpha value is -2.60. The van der Waals surface area contributed by atoms with Crippen LogP contribution < -0.4 is 10.9 Å². The molecule has 1 N–H and O–H groups in total. The monoisotopic (exact) mass is 386 g/mol. The third-order valence-corrected chi connectivity index (χ3v) is 4.15. The summed E-state index contributed by atoms with van der Waals surface area (Å²) < 4.78 is 6.99. The molecule has 1 heterocycles. The molecule has 5 nitrogen and oxygen atoms in total. The second-order valence-corrected chi connectivity index (χ2v) is 6.24. The van der Waals surface area contributed by atoms with E-state index in [1.54, 1.807) is 0 Å². The number of rotatable bonds is 3. The van der Waals surface area contributed by atoms with Crippen molar-refractivity contribution in [3.8, 4) is 11.3 Å². The third-order valence-electron chi connectivity index (χ3n) is 3.62. The van der Waals surface area contributed by atoms with Gasteiger partial charge in [0.1, 0.15) is 5.69 Å². The Kier molecular flexibility index (Phi) is 4.66. The number of carbonyl (C=O) groups is 1. The van der Waals surface area contributed by atoms with Crippen LogP contribution >= 0.6 is 15.9 Å². The summed E-state index contributed by atoms with van der Waals surface area (Å²) in [5.41, 5.74) is 1.53. The SMILES string of the molecule is CC(NC(=O)n1oc(=O)cc1-c1ccccc1)c1ccc(Br)cc1. The minimum Gasteiger partial charge on any atom is -0.329 e. The topological polar surface area (TPSA) is 64.2 Å². The van der Waals surface area contributed by atoms with Crippen LogP contribution in [0.5, 0.6) is 0 Å². The minimum atomic E-state index is -0.569. The van der Waals surface area contributed by atoms with Gasteiger partial charge in [-0.1, -0.05) is 58.4 Å². The van der Waals surface area contributed by atoms with Crippen LogP contribution in [0, 0.1) is 0 Å². The second kappa shape index (κ2) is 6.88. The number of halogens is 1. The zero-order valence-electron chi connectivity index (χ0n) is 12.9.